The topological polar surface area (TPSA) is 88.2 Å². The molecule has 1 N–H and O–H groups in total. The lowest BCUT2D eigenvalue weighted by Crippen LogP contribution is -2.53. The first-order valence-corrected chi connectivity index (χ1v) is 11.3. The van der Waals surface area contributed by atoms with Crippen LogP contribution < -0.4 is 14.8 Å². The van der Waals surface area contributed by atoms with E-state index in [2.05, 4.69) is 5.32 Å². The maximum absolute atomic E-state index is 13.3. The monoisotopic (exact) mass is 427 g/mol. The van der Waals surface area contributed by atoms with Crippen molar-refractivity contribution in [2.24, 2.45) is 5.92 Å². The maximum Gasteiger partial charge on any atom is 0.325 e. The third kappa shape index (κ3) is 3.42. The van der Waals surface area contributed by atoms with E-state index in [0.717, 1.165) is 24.2 Å². The minimum atomic E-state index is -1.25. The van der Waals surface area contributed by atoms with Crippen LogP contribution in [0.4, 0.5) is 4.79 Å². The Morgan fingerprint density at radius 2 is 1.84 bits per heavy atom. The van der Waals surface area contributed by atoms with Crippen LogP contribution in [-0.4, -0.2) is 60.0 Å². The summed E-state index contributed by atoms with van der Waals surface area (Å²) in [7, 11) is 0. The number of hydrogen-bond acceptors (Lipinski definition) is 5. The highest BCUT2D eigenvalue weighted by molar-refractivity contribution is 6.09. The van der Waals surface area contributed by atoms with Crippen LogP contribution in [0.3, 0.4) is 0 Å². The number of fused-ring (bicyclic) bond motifs is 2. The Hall–Kier alpha value is -2.77. The van der Waals surface area contributed by atoms with E-state index in [1.54, 1.807) is 25.1 Å². The van der Waals surface area contributed by atoms with Gasteiger partial charge in [-0.3, -0.25) is 14.5 Å². The molecule has 2 saturated heterocycles. The molecule has 8 heteroatoms. The lowest BCUT2D eigenvalue weighted by molar-refractivity contribution is -0.142. The molecule has 1 aromatic carbocycles. The Morgan fingerprint density at radius 1 is 1.10 bits per heavy atom. The molecule has 1 aromatic rings. The average molecular weight is 428 g/mol. The third-order valence-electron chi connectivity index (χ3n) is 7.25. The molecule has 0 spiro atoms. The summed E-state index contributed by atoms with van der Waals surface area (Å²) in [6.45, 7) is 3.08. The summed E-state index contributed by atoms with van der Waals surface area (Å²) in [5, 5.41) is 2.79. The second kappa shape index (κ2) is 7.73. The molecule has 0 unspecified atom stereocenters. The molecule has 3 heterocycles. The summed E-state index contributed by atoms with van der Waals surface area (Å²) in [5.41, 5.74) is -0.641. The van der Waals surface area contributed by atoms with Gasteiger partial charge in [0.2, 0.25) is 5.91 Å². The Balaban J connectivity index is 1.33. The summed E-state index contributed by atoms with van der Waals surface area (Å²) in [6, 6.07) is 4.95. The SMILES string of the molecule is C[C@]1(c2ccc3c(c2)OCCO3)NC(=O)N(CC(=O)N2CCC[C@H]3CCCC[C@@H]32)C1=O. The summed E-state index contributed by atoms with van der Waals surface area (Å²) >= 11 is 0. The van der Waals surface area contributed by atoms with Gasteiger partial charge in [-0.1, -0.05) is 18.9 Å². The van der Waals surface area contributed by atoms with Crippen molar-refractivity contribution in [1.82, 2.24) is 15.1 Å². The van der Waals surface area contributed by atoms with Gasteiger partial charge in [-0.15, -0.1) is 0 Å². The molecule has 0 bridgehead atoms. The number of carbonyl (C=O) groups excluding carboxylic acids is 3. The first kappa shape index (κ1) is 20.2. The van der Waals surface area contributed by atoms with Crippen molar-refractivity contribution in [3.63, 3.8) is 0 Å². The fourth-order valence-electron chi connectivity index (χ4n) is 5.55. The molecule has 3 fully saturated rings. The fraction of sp³-hybridized carbons (Fsp3) is 0.609. The van der Waals surface area contributed by atoms with E-state index < -0.39 is 17.5 Å². The Kier molecular flexibility index (Phi) is 5.02. The molecular weight excluding hydrogens is 398 g/mol. The van der Waals surface area contributed by atoms with E-state index in [-0.39, 0.29) is 18.5 Å². The third-order valence-corrected chi connectivity index (χ3v) is 7.25. The number of carbonyl (C=O) groups is 3. The van der Waals surface area contributed by atoms with Crippen LogP contribution in [0, 0.1) is 5.92 Å². The van der Waals surface area contributed by atoms with E-state index in [1.165, 1.54) is 19.3 Å². The molecule has 0 radical (unpaired) electrons. The molecule has 1 saturated carbocycles. The number of amides is 4. The van der Waals surface area contributed by atoms with E-state index in [4.69, 9.17) is 9.47 Å². The number of hydrogen-bond donors (Lipinski definition) is 1. The van der Waals surface area contributed by atoms with Gasteiger partial charge in [0.15, 0.2) is 11.5 Å². The van der Waals surface area contributed by atoms with Crippen molar-refractivity contribution in [3.8, 4) is 11.5 Å². The van der Waals surface area contributed by atoms with Gasteiger partial charge in [0, 0.05) is 12.6 Å². The van der Waals surface area contributed by atoms with Crippen molar-refractivity contribution in [2.75, 3.05) is 26.3 Å². The molecule has 4 amide bonds. The van der Waals surface area contributed by atoms with Crippen molar-refractivity contribution in [3.05, 3.63) is 23.8 Å². The van der Waals surface area contributed by atoms with E-state index in [9.17, 15) is 14.4 Å². The largest absolute Gasteiger partial charge is 0.486 e. The number of urea groups is 1. The zero-order valence-electron chi connectivity index (χ0n) is 17.9. The van der Waals surface area contributed by atoms with Crippen LogP contribution in [0.15, 0.2) is 18.2 Å². The standard InChI is InChI=1S/C23H29N3O5/c1-23(16-8-9-18-19(13-16)31-12-11-30-18)21(28)26(22(29)24-23)14-20(27)25-10-4-6-15-5-2-3-7-17(15)25/h8-9,13,15,17H,2-7,10-12,14H2,1H3,(H,24,29)/t15-,17+,23-/m1/s1. The van der Waals surface area contributed by atoms with Gasteiger partial charge >= 0.3 is 6.03 Å². The van der Waals surface area contributed by atoms with Crippen LogP contribution in [-0.2, 0) is 15.1 Å². The normalized spacial score (nSPS) is 30.1. The van der Waals surface area contributed by atoms with E-state index >= 15 is 0 Å². The fourth-order valence-corrected chi connectivity index (χ4v) is 5.55. The van der Waals surface area contributed by atoms with Crippen LogP contribution >= 0.6 is 0 Å². The van der Waals surface area contributed by atoms with Crippen LogP contribution in [0.1, 0.15) is 51.0 Å². The predicted molar refractivity (Wildman–Crippen MR) is 112 cm³/mol. The lowest BCUT2D eigenvalue weighted by Gasteiger charge is -2.44. The van der Waals surface area contributed by atoms with Crippen molar-refractivity contribution < 1.29 is 23.9 Å². The predicted octanol–water partition coefficient (Wildman–Crippen LogP) is 2.41. The number of nitrogens with zero attached hydrogens (tertiary/aromatic N) is 2. The average Bonchev–Trinajstić information content (AvgIpc) is 3.02. The van der Waals surface area contributed by atoms with Gasteiger partial charge < -0.3 is 19.7 Å². The summed E-state index contributed by atoms with van der Waals surface area (Å²) in [5.74, 6) is 1.18. The number of nitrogens with one attached hydrogen (secondary N) is 1. The summed E-state index contributed by atoms with van der Waals surface area (Å²) in [6.07, 6.45) is 6.70. The molecule has 0 aromatic heterocycles. The van der Waals surface area contributed by atoms with Gasteiger partial charge in [-0.25, -0.2) is 4.79 Å². The Labute approximate surface area is 181 Å². The Bertz CT molecular complexity index is 916. The maximum atomic E-state index is 13.3. The minimum Gasteiger partial charge on any atom is -0.486 e. The smallest absolute Gasteiger partial charge is 0.325 e. The molecule has 5 rings (SSSR count). The van der Waals surface area contributed by atoms with Crippen LogP contribution in [0.5, 0.6) is 11.5 Å². The second-order valence-electron chi connectivity index (χ2n) is 9.15. The van der Waals surface area contributed by atoms with Crippen molar-refractivity contribution in [1.29, 1.82) is 0 Å². The highest BCUT2D eigenvalue weighted by Gasteiger charge is 2.50. The zero-order valence-corrected chi connectivity index (χ0v) is 17.9. The van der Waals surface area contributed by atoms with Crippen LogP contribution in [0.2, 0.25) is 0 Å². The van der Waals surface area contributed by atoms with E-state index in [1.807, 2.05) is 4.90 Å². The number of piperidine rings is 1. The Morgan fingerprint density at radius 3 is 2.68 bits per heavy atom. The molecule has 166 valence electrons. The van der Waals surface area contributed by atoms with Gasteiger partial charge in [-0.05, 0) is 56.2 Å². The first-order chi connectivity index (χ1) is 15.0. The van der Waals surface area contributed by atoms with Crippen LogP contribution in [0.25, 0.3) is 0 Å². The lowest BCUT2D eigenvalue weighted by atomic mass is 9.78. The van der Waals surface area contributed by atoms with Crippen molar-refractivity contribution >= 4 is 17.8 Å². The van der Waals surface area contributed by atoms with Gasteiger partial charge in [0.1, 0.15) is 25.3 Å². The summed E-state index contributed by atoms with van der Waals surface area (Å²) in [4.78, 5) is 42.2. The number of likely N-dealkylation sites (tertiary alicyclic amines) is 1. The van der Waals surface area contributed by atoms with Crippen molar-refractivity contribution in [2.45, 2.75) is 57.0 Å². The molecular formula is C23H29N3O5. The molecule has 8 nitrogen and oxygen atoms in total. The molecule has 3 atom stereocenters. The highest BCUT2D eigenvalue weighted by atomic mass is 16.6. The second-order valence-corrected chi connectivity index (χ2v) is 9.15. The van der Waals surface area contributed by atoms with Gasteiger partial charge in [0.25, 0.3) is 5.91 Å². The molecule has 4 aliphatic rings. The van der Waals surface area contributed by atoms with Gasteiger partial charge in [0.05, 0.1) is 0 Å². The minimum absolute atomic E-state index is 0.133. The van der Waals surface area contributed by atoms with E-state index in [0.29, 0.717) is 42.7 Å². The number of rotatable bonds is 3. The number of benzene rings is 1. The molecule has 1 aliphatic carbocycles. The summed E-state index contributed by atoms with van der Waals surface area (Å²) < 4.78 is 11.2. The molecule has 31 heavy (non-hydrogen) atoms. The molecule has 3 aliphatic heterocycles. The quantitative estimate of drug-likeness (QED) is 0.749. The highest BCUT2D eigenvalue weighted by Crippen LogP contribution is 2.38. The number of ether oxygens (including phenoxy) is 2. The number of imide groups is 1. The zero-order chi connectivity index (χ0) is 21.6. The van der Waals surface area contributed by atoms with Gasteiger partial charge in [-0.2, -0.15) is 0 Å². The first-order valence-electron chi connectivity index (χ1n) is 11.3.